The fourth-order valence-electron chi connectivity index (χ4n) is 3.95. The minimum atomic E-state index is -3.08. The molecule has 3 aromatic rings. The minimum Gasteiger partial charge on any atom is -0.497 e. The van der Waals surface area contributed by atoms with Gasteiger partial charge in [0.2, 0.25) is 5.91 Å². The van der Waals surface area contributed by atoms with Gasteiger partial charge in [-0.2, -0.15) is 0 Å². The monoisotopic (exact) mass is 473 g/mol. The maximum atomic E-state index is 13.6. The molecular weight excluding hydrogens is 452 g/mol. The number of alkyl halides is 2. The van der Waals surface area contributed by atoms with Crippen molar-refractivity contribution < 1.29 is 23.1 Å². The number of aromatic nitrogens is 1. The van der Waals surface area contributed by atoms with Crippen LogP contribution in [0.3, 0.4) is 0 Å². The van der Waals surface area contributed by atoms with Crippen LogP contribution in [0.25, 0.3) is 15.7 Å². The van der Waals surface area contributed by atoms with E-state index in [0.717, 1.165) is 16.2 Å². The number of pyridine rings is 1. The number of methoxy groups -OCH3 is 1. The van der Waals surface area contributed by atoms with Crippen LogP contribution < -0.4 is 4.74 Å². The molecular formula is C27H21F2N3O3. The largest absolute Gasteiger partial charge is 0.497 e. The van der Waals surface area contributed by atoms with Crippen LogP contribution in [0.4, 0.5) is 8.78 Å². The molecule has 0 unspecified atom stereocenters. The van der Waals surface area contributed by atoms with Crippen molar-refractivity contribution in [1.29, 1.82) is 0 Å². The number of carbonyl (C=O) groups excluding carboxylic acids is 2. The summed E-state index contributed by atoms with van der Waals surface area (Å²) in [7, 11) is 1.59. The molecule has 1 saturated heterocycles. The average molecular weight is 473 g/mol. The van der Waals surface area contributed by atoms with Crippen LogP contribution in [-0.4, -0.2) is 47.3 Å². The first kappa shape index (κ1) is 23.8. The van der Waals surface area contributed by atoms with Gasteiger partial charge in [0, 0.05) is 41.1 Å². The number of ketones is 1. The van der Waals surface area contributed by atoms with Crippen LogP contribution in [0, 0.1) is 18.4 Å². The normalized spacial score (nSPS) is 16.3. The van der Waals surface area contributed by atoms with Crippen LogP contribution in [0.5, 0.6) is 5.75 Å². The molecule has 1 aromatic heterocycles. The van der Waals surface area contributed by atoms with Gasteiger partial charge in [0.1, 0.15) is 12.2 Å². The predicted molar refractivity (Wildman–Crippen MR) is 126 cm³/mol. The van der Waals surface area contributed by atoms with Gasteiger partial charge in [-0.15, -0.1) is 0 Å². The Kier molecular flexibility index (Phi) is 6.75. The van der Waals surface area contributed by atoms with E-state index in [9.17, 15) is 18.4 Å². The predicted octanol–water partition coefficient (Wildman–Crippen LogP) is 4.72. The number of likely N-dealkylation sites (tertiary alicyclic amines) is 1. The third-order valence-corrected chi connectivity index (χ3v) is 5.76. The lowest BCUT2D eigenvalue weighted by Gasteiger charge is -2.16. The first-order valence-electron chi connectivity index (χ1n) is 10.9. The van der Waals surface area contributed by atoms with Gasteiger partial charge in [0.05, 0.1) is 19.2 Å². The zero-order valence-electron chi connectivity index (χ0n) is 18.9. The Morgan fingerprint density at radius 2 is 1.86 bits per heavy atom. The van der Waals surface area contributed by atoms with Crippen molar-refractivity contribution in [3.8, 4) is 17.6 Å². The van der Waals surface area contributed by atoms with E-state index in [2.05, 4.69) is 21.7 Å². The lowest BCUT2D eigenvalue weighted by atomic mass is 10.00. The minimum absolute atomic E-state index is 0.160. The van der Waals surface area contributed by atoms with Crippen LogP contribution in [0.15, 0.2) is 54.7 Å². The van der Waals surface area contributed by atoms with Gasteiger partial charge in [-0.25, -0.2) is 15.4 Å². The van der Waals surface area contributed by atoms with Gasteiger partial charge >= 0.3 is 6.17 Å². The zero-order chi connectivity index (χ0) is 25.0. The number of nitrogens with zero attached hydrogens (tertiary/aromatic N) is 3. The van der Waals surface area contributed by atoms with Crippen LogP contribution >= 0.6 is 0 Å². The number of fused-ring (bicyclic) bond motifs is 1. The molecule has 2 heterocycles. The van der Waals surface area contributed by atoms with Gasteiger partial charge in [-0.05, 0) is 48.5 Å². The first-order valence-corrected chi connectivity index (χ1v) is 10.9. The summed E-state index contributed by atoms with van der Waals surface area (Å²) in [6.07, 6.45) is -0.767. The Labute approximate surface area is 201 Å². The van der Waals surface area contributed by atoms with Gasteiger partial charge in [0.15, 0.2) is 5.78 Å². The summed E-state index contributed by atoms with van der Waals surface area (Å²) < 4.78 is 32.4. The number of benzene rings is 2. The SMILES string of the molecule is [C-]#[N+][C@@H]1CC(F)(F)CN1C(=O)CCC(=O)c1ccnc2ccc(C#Cc3ccc(OC)cc3)cc12. The maximum Gasteiger partial charge on any atom is 0.306 e. The third kappa shape index (κ3) is 5.44. The molecule has 0 aliphatic carbocycles. The molecule has 176 valence electrons. The topological polar surface area (TPSA) is 63.9 Å². The van der Waals surface area contributed by atoms with Crippen molar-refractivity contribution in [3.63, 3.8) is 0 Å². The first-order chi connectivity index (χ1) is 16.8. The standard InChI is InChI=1S/C27H21F2N3O3/c1-30-25-16-27(28,29)17-32(25)26(34)12-11-24(33)21-13-14-31-23-10-7-19(15-22(21)23)4-3-18-5-8-20(35-2)9-6-18/h5-10,13-15,25H,11-12,16-17H2,2H3/t25-/m0/s1. The summed E-state index contributed by atoms with van der Waals surface area (Å²) in [4.78, 5) is 33.7. The van der Waals surface area contributed by atoms with Crippen LogP contribution in [0.1, 0.15) is 40.7 Å². The Morgan fingerprint density at radius 3 is 2.57 bits per heavy atom. The number of halogens is 2. The number of amides is 1. The highest BCUT2D eigenvalue weighted by atomic mass is 19.3. The molecule has 0 bridgehead atoms. The molecule has 6 nitrogen and oxygen atoms in total. The van der Waals surface area contributed by atoms with Crippen LogP contribution in [-0.2, 0) is 4.79 Å². The molecule has 0 N–H and O–H groups in total. The van der Waals surface area contributed by atoms with Crippen molar-refractivity contribution in [2.75, 3.05) is 13.7 Å². The number of hydrogen-bond acceptors (Lipinski definition) is 4. The lowest BCUT2D eigenvalue weighted by Crippen LogP contribution is -2.35. The second-order valence-corrected chi connectivity index (χ2v) is 8.18. The van der Waals surface area contributed by atoms with Crippen molar-refractivity contribution in [2.24, 2.45) is 0 Å². The highest BCUT2D eigenvalue weighted by Gasteiger charge is 2.50. The molecule has 4 rings (SSSR count). The maximum absolute atomic E-state index is 13.6. The highest BCUT2D eigenvalue weighted by molar-refractivity contribution is 6.08. The van der Waals surface area contributed by atoms with E-state index in [1.54, 1.807) is 25.3 Å². The van der Waals surface area contributed by atoms with E-state index in [1.807, 2.05) is 30.3 Å². The smallest absolute Gasteiger partial charge is 0.306 e. The Bertz CT molecular complexity index is 1380. The van der Waals surface area contributed by atoms with Gasteiger partial charge in [-0.1, -0.05) is 11.8 Å². The fourth-order valence-corrected chi connectivity index (χ4v) is 3.95. The number of Topliss-reactive ketones (excluding diaryl/α,β-unsaturated/α-hetero) is 1. The fraction of sp³-hybridized carbons (Fsp3) is 0.259. The quantitative estimate of drug-likeness (QED) is 0.306. The summed E-state index contributed by atoms with van der Waals surface area (Å²) in [5.74, 6) is 2.86. The second kappa shape index (κ2) is 9.90. The molecule has 8 heteroatoms. The van der Waals surface area contributed by atoms with Crippen LogP contribution in [0.2, 0.25) is 0 Å². The number of carbonyl (C=O) groups is 2. The molecule has 1 atom stereocenters. The molecule has 0 spiro atoms. The molecule has 1 aliphatic heterocycles. The van der Waals surface area contributed by atoms with Crippen molar-refractivity contribution in [1.82, 2.24) is 9.88 Å². The molecule has 0 saturated carbocycles. The average Bonchev–Trinajstić information content (AvgIpc) is 3.20. The Morgan fingerprint density at radius 1 is 1.14 bits per heavy atom. The Balaban J connectivity index is 1.51. The summed E-state index contributed by atoms with van der Waals surface area (Å²) in [6.45, 7) is 6.29. The number of rotatable bonds is 5. The second-order valence-electron chi connectivity index (χ2n) is 8.18. The summed E-state index contributed by atoms with van der Waals surface area (Å²) in [6, 6.07) is 14.2. The molecule has 1 fully saturated rings. The number of ether oxygens (including phenoxy) is 1. The van der Waals surface area contributed by atoms with Gasteiger partial charge in [0.25, 0.3) is 5.92 Å². The molecule has 0 radical (unpaired) electrons. The van der Waals surface area contributed by atoms with E-state index in [4.69, 9.17) is 11.3 Å². The zero-order valence-corrected chi connectivity index (χ0v) is 18.9. The number of hydrogen-bond donors (Lipinski definition) is 0. The van der Waals surface area contributed by atoms with Gasteiger partial charge < -0.3 is 4.74 Å². The molecule has 1 aliphatic rings. The summed E-state index contributed by atoms with van der Waals surface area (Å²) in [5, 5.41) is 0.596. The van der Waals surface area contributed by atoms with E-state index < -0.39 is 31.0 Å². The van der Waals surface area contributed by atoms with Crippen molar-refractivity contribution in [2.45, 2.75) is 31.4 Å². The molecule has 1 amide bonds. The highest BCUT2D eigenvalue weighted by Crippen LogP contribution is 2.33. The summed E-state index contributed by atoms with van der Waals surface area (Å²) >= 11 is 0. The van der Waals surface area contributed by atoms with E-state index in [1.165, 1.54) is 6.20 Å². The van der Waals surface area contributed by atoms with Gasteiger partial charge in [-0.3, -0.25) is 24.3 Å². The molecule has 2 aromatic carbocycles. The lowest BCUT2D eigenvalue weighted by molar-refractivity contribution is -0.132. The summed E-state index contributed by atoms with van der Waals surface area (Å²) in [5.41, 5.74) is 2.47. The van der Waals surface area contributed by atoms with Crippen molar-refractivity contribution >= 4 is 22.6 Å². The van der Waals surface area contributed by atoms with Crippen molar-refractivity contribution in [3.05, 3.63) is 82.8 Å². The molecule has 35 heavy (non-hydrogen) atoms. The van der Waals surface area contributed by atoms with E-state index in [-0.39, 0.29) is 18.6 Å². The Hall–Kier alpha value is -4.30. The van der Waals surface area contributed by atoms with E-state index >= 15 is 0 Å². The van der Waals surface area contributed by atoms with E-state index in [0.29, 0.717) is 22.0 Å². The third-order valence-electron chi connectivity index (χ3n) is 5.76.